The predicted molar refractivity (Wildman–Crippen MR) is 87.6 cm³/mol. The molecular weight excluding hydrogens is 288 g/mol. The van der Waals surface area contributed by atoms with Crippen LogP contribution in [0.2, 0.25) is 0 Å². The zero-order valence-corrected chi connectivity index (χ0v) is 13.3. The van der Waals surface area contributed by atoms with Crippen molar-refractivity contribution in [2.75, 3.05) is 11.9 Å². The van der Waals surface area contributed by atoms with Crippen molar-refractivity contribution in [2.24, 2.45) is 11.7 Å². The van der Waals surface area contributed by atoms with Crippen molar-refractivity contribution in [1.29, 1.82) is 0 Å². The molecule has 0 saturated heterocycles. The second-order valence-corrected chi connectivity index (χ2v) is 5.44. The molecular formula is C16H25ClN2O2. The largest absolute Gasteiger partial charge is 0.377 e. The topological polar surface area (TPSA) is 64.3 Å². The molecule has 1 aliphatic rings. The number of rotatable bonds is 6. The number of amides is 1. The summed E-state index contributed by atoms with van der Waals surface area (Å²) in [4.78, 5) is 12.0. The Bertz CT molecular complexity index is 436. The number of benzene rings is 1. The van der Waals surface area contributed by atoms with E-state index in [0.717, 1.165) is 30.5 Å². The second kappa shape index (κ2) is 9.03. The average molecular weight is 313 g/mol. The fourth-order valence-electron chi connectivity index (χ4n) is 2.67. The number of anilines is 1. The third kappa shape index (κ3) is 5.65. The molecule has 1 saturated carbocycles. The molecule has 21 heavy (non-hydrogen) atoms. The van der Waals surface area contributed by atoms with Gasteiger partial charge in [0.1, 0.15) is 0 Å². The van der Waals surface area contributed by atoms with Gasteiger partial charge >= 0.3 is 0 Å². The molecule has 1 fully saturated rings. The van der Waals surface area contributed by atoms with Crippen molar-refractivity contribution in [3.63, 3.8) is 0 Å². The molecule has 0 heterocycles. The fraction of sp³-hybridized carbons (Fsp3) is 0.562. The molecule has 1 amide bonds. The van der Waals surface area contributed by atoms with E-state index in [4.69, 9.17) is 10.5 Å². The molecule has 2 atom stereocenters. The van der Waals surface area contributed by atoms with E-state index in [1.54, 1.807) is 0 Å². The average Bonchev–Trinajstić information content (AvgIpc) is 2.83. The lowest BCUT2D eigenvalue weighted by Gasteiger charge is -2.14. The van der Waals surface area contributed by atoms with Crippen LogP contribution in [0.5, 0.6) is 0 Å². The number of nitrogens with one attached hydrogen (secondary N) is 1. The monoisotopic (exact) mass is 312 g/mol. The smallest absolute Gasteiger partial charge is 0.224 e. The minimum atomic E-state index is 0. The Morgan fingerprint density at radius 3 is 2.62 bits per heavy atom. The molecule has 118 valence electrons. The Balaban J connectivity index is 0.00000220. The van der Waals surface area contributed by atoms with Crippen LogP contribution in [0.3, 0.4) is 0 Å². The van der Waals surface area contributed by atoms with Gasteiger partial charge in [-0.25, -0.2) is 0 Å². The van der Waals surface area contributed by atoms with Gasteiger partial charge in [0, 0.05) is 24.8 Å². The van der Waals surface area contributed by atoms with E-state index in [-0.39, 0.29) is 24.4 Å². The highest BCUT2D eigenvalue weighted by Crippen LogP contribution is 2.27. The van der Waals surface area contributed by atoms with Gasteiger partial charge in [-0.05, 0) is 43.4 Å². The lowest BCUT2D eigenvalue weighted by molar-refractivity contribution is -0.117. The van der Waals surface area contributed by atoms with Crippen molar-refractivity contribution in [3.05, 3.63) is 29.8 Å². The molecule has 0 unspecified atom stereocenters. The van der Waals surface area contributed by atoms with Crippen LogP contribution in [0.25, 0.3) is 0 Å². The predicted octanol–water partition coefficient (Wildman–Crippen LogP) is 3.10. The number of carbonyl (C=O) groups excluding carboxylic acids is 1. The summed E-state index contributed by atoms with van der Waals surface area (Å²) in [5, 5.41) is 2.94. The molecule has 3 N–H and O–H groups in total. The van der Waals surface area contributed by atoms with E-state index in [9.17, 15) is 4.79 Å². The highest BCUT2D eigenvalue weighted by atomic mass is 35.5. The summed E-state index contributed by atoms with van der Waals surface area (Å²) in [6.45, 7) is 3.30. The van der Waals surface area contributed by atoms with Crippen LogP contribution in [0.1, 0.15) is 38.2 Å². The maximum absolute atomic E-state index is 12.0. The molecule has 1 aromatic carbocycles. The number of halogens is 1. The summed E-state index contributed by atoms with van der Waals surface area (Å²) in [5.74, 6) is 0.400. The van der Waals surface area contributed by atoms with E-state index in [0.29, 0.717) is 25.6 Å². The van der Waals surface area contributed by atoms with Gasteiger partial charge < -0.3 is 15.8 Å². The SMILES string of the molecule is CCOCc1ccc(NC(=O)C[C@@H]2CCC[C@H]2N)cc1.Cl. The van der Waals surface area contributed by atoms with Crippen LogP contribution in [-0.2, 0) is 16.1 Å². The molecule has 1 aliphatic carbocycles. The van der Waals surface area contributed by atoms with Crippen LogP contribution in [0.4, 0.5) is 5.69 Å². The van der Waals surface area contributed by atoms with Crippen molar-refractivity contribution in [1.82, 2.24) is 0 Å². The Morgan fingerprint density at radius 1 is 1.33 bits per heavy atom. The Labute approximate surface area is 132 Å². The lowest BCUT2D eigenvalue weighted by atomic mass is 10.00. The number of ether oxygens (including phenoxy) is 1. The van der Waals surface area contributed by atoms with E-state index in [2.05, 4.69) is 5.32 Å². The normalized spacial score (nSPS) is 20.9. The van der Waals surface area contributed by atoms with E-state index >= 15 is 0 Å². The van der Waals surface area contributed by atoms with E-state index in [1.165, 1.54) is 0 Å². The number of hydrogen-bond acceptors (Lipinski definition) is 3. The van der Waals surface area contributed by atoms with Crippen LogP contribution >= 0.6 is 12.4 Å². The van der Waals surface area contributed by atoms with Gasteiger partial charge in [0.05, 0.1) is 6.61 Å². The summed E-state index contributed by atoms with van der Waals surface area (Å²) in [5.41, 5.74) is 7.94. The van der Waals surface area contributed by atoms with Crippen molar-refractivity contribution in [3.8, 4) is 0 Å². The van der Waals surface area contributed by atoms with Crippen LogP contribution in [0, 0.1) is 5.92 Å². The highest BCUT2D eigenvalue weighted by molar-refractivity contribution is 5.90. The molecule has 1 aromatic rings. The lowest BCUT2D eigenvalue weighted by Crippen LogP contribution is -2.28. The van der Waals surface area contributed by atoms with Gasteiger partial charge in [0.15, 0.2) is 0 Å². The molecule has 5 heteroatoms. The summed E-state index contributed by atoms with van der Waals surface area (Å²) in [6, 6.07) is 7.98. The molecule has 0 aliphatic heterocycles. The second-order valence-electron chi connectivity index (χ2n) is 5.44. The Morgan fingerprint density at radius 2 is 2.05 bits per heavy atom. The minimum Gasteiger partial charge on any atom is -0.377 e. The van der Waals surface area contributed by atoms with Crippen LogP contribution < -0.4 is 11.1 Å². The van der Waals surface area contributed by atoms with Crippen LogP contribution in [-0.4, -0.2) is 18.6 Å². The van der Waals surface area contributed by atoms with Crippen molar-refractivity contribution >= 4 is 24.0 Å². The van der Waals surface area contributed by atoms with E-state index in [1.807, 2.05) is 31.2 Å². The molecule has 0 aromatic heterocycles. The first kappa shape index (κ1) is 18.0. The maximum Gasteiger partial charge on any atom is 0.224 e. The fourth-order valence-corrected chi connectivity index (χ4v) is 2.67. The Hall–Kier alpha value is -1.10. The first-order valence-corrected chi connectivity index (χ1v) is 7.41. The van der Waals surface area contributed by atoms with Gasteiger partial charge in [-0.3, -0.25) is 4.79 Å². The van der Waals surface area contributed by atoms with Gasteiger partial charge in [0.25, 0.3) is 0 Å². The third-order valence-corrected chi connectivity index (χ3v) is 3.88. The molecule has 0 radical (unpaired) electrons. The quantitative estimate of drug-likeness (QED) is 0.848. The number of carbonyl (C=O) groups is 1. The van der Waals surface area contributed by atoms with E-state index < -0.39 is 0 Å². The van der Waals surface area contributed by atoms with Crippen molar-refractivity contribution < 1.29 is 9.53 Å². The summed E-state index contributed by atoms with van der Waals surface area (Å²) < 4.78 is 5.34. The molecule has 2 rings (SSSR count). The Kier molecular flexibility index (Phi) is 7.72. The zero-order valence-electron chi connectivity index (χ0n) is 12.5. The third-order valence-electron chi connectivity index (χ3n) is 3.88. The number of nitrogens with two attached hydrogens (primary N) is 1. The van der Waals surface area contributed by atoms with Gasteiger partial charge in [-0.15, -0.1) is 12.4 Å². The molecule has 0 spiro atoms. The first-order chi connectivity index (χ1) is 9.69. The summed E-state index contributed by atoms with van der Waals surface area (Å²) in [7, 11) is 0. The number of hydrogen-bond donors (Lipinski definition) is 2. The van der Waals surface area contributed by atoms with Gasteiger partial charge in [-0.1, -0.05) is 18.6 Å². The summed E-state index contributed by atoms with van der Waals surface area (Å²) >= 11 is 0. The van der Waals surface area contributed by atoms with Crippen molar-refractivity contribution in [2.45, 2.75) is 45.3 Å². The van der Waals surface area contributed by atoms with Gasteiger partial charge in [0.2, 0.25) is 5.91 Å². The summed E-state index contributed by atoms with van der Waals surface area (Å²) in [6.07, 6.45) is 3.79. The highest BCUT2D eigenvalue weighted by Gasteiger charge is 2.25. The standard InChI is InChI=1S/C16H24N2O2.ClH/c1-2-20-11-12-6-8-14(9-7-12)18-16(19)10-13-4-3-5-15(13)17;/h6-9,13,15H,2-5,10-11,17H2,1H3,(H,18,19);1H/t13-,15+;/m0./s1. The van der Waals surface area contributed by atoms with Crippen LogP contribution in [0.15, 0.2) is 24.3 Å². The van der Waals surface area contributed by atoms with Gasteiger partial charge in [-0.2, -0.15) is 0 Å². The molecule has 0 bridgehead atoms. The maximum atomic E-state index is 12.0. The minimum absolute atomic E-state index is 0. The first-order valence-electron chi connectivity index (χ1n) is 7.41. The zero-order chi connectivity index (χ0) is 14.4. The molecule has 4 nitrogen and oxygen atoms in total.